The summed E-state index contributed by atoms with van der Waals surface area (Å²) in [4.78, 5) is 25.2. The van der Waals surface area contributed by atoms with Gasteiger partial charge in [0.2, 0.25) is 0 Å². The molecule has 0 radical (unpaired) electrons. The summed E-state index contributed by atoms with van der Waals surface area (Å²) < 4.78 is 0. The zero-order chi connectivity index (χ0) is 27.0. The Balaban J connectivity index is 1.75. The Kier molecular flexibility index (Phi) is 6.71. The highest BCUT2D eigenvalue weighted by Crippen LogP contribution is 2.71. The summed E-state index contributed by atoms with van der Waals surface area (Å²) in [5.74, 6) is -0.566. The molecule has 4 aliphatic carbocycles. The van der Waals surface area contributed by atoms with Crippen LogP contribution in [0.5, 0.6) is 0 Å². The lowest BCUT2D eigenvalue weighted by Gasteiger charge is -2.62. The van der Waals surface area contributed by atoms with Crippen LogP contribution in [-0.2, 0) is 9.59 Å². The predicted molar refractivity (Wildman–Crippen MR) is 138 cm³/mol. The van der Waals surface area contributed by atoms with Crippen LogP contribution in [0.4, 0.5) is 0 Å². The van der Waals surface area contributed by atoms with Gasteiger partial charge in [-0.3, -0.25) is 4.79 Å². The molecule has 0 aliphatic heterocycles. The van der Waals surface area contributed by atoms with Gasteiger partial charge in [-0.15, -0.1) is 0 Å². The molecular weight excluding hydrogens is 456 g/mol. The van der Waals surface area contributed by atoms with Crippen LogP contribution in [-0.4, -0.2) is 50.5 Å². The van der Waals surface area contributed by atoms with E-state index < -0.39 is 45.9 Å². The Labute approximate surface area is 215 Å². The first-order valence-electron chi connectivity index (χ1n) is 13.8. The minimum absolute atomic E-state index is 0.0167. The van der Waals surface area contributed by atoms with Crippen molar-refractivity contribution < 1.29 is 30.0 Å². The number of carboxylic acids is 1. The van der Waals surface area contributed by atoms with E-state index in [9.17, 15) is 24.9 Å². The second-order valence-electron chi connectivity index (χ2n) is 13.7. The van der Waals surface area contributed by atoms with E-state index in [1.54, 1.807) is 13.0 Å². The summed E-state index contributed by atoms with van der Waals surface area (Å²) in [5.41, 5.74) is -0.227. The fraction of sp³-hybridized carbons (Fsp3) is 0.800. The number of carbonyl (C=O) groups is 2. The molecule has 36 heavy (non-hydrogen) atoms. The molecule has 0 aromatic heterocycles. The molecule has 4 rings (SSSR count). The van der Waals surface area contributed by atoms with E-state index in [-0.39, 0.29) is 23.5 Å². The first kappa shape index (κ1) is 27.5. The summed E-state index contributed by atoms with van der Waals surface area (Å²) in [6, 6.07) is 0. The molecule has 0 unspecified atom stereocenters. The van der Waals surface area contributed by atoms with E-state index in [0.29, 0.717) is 44.1 Å². The van der Waals surface area contributed by atoms with Gasteiger partial charge in [-0.05, 0) is 85.0 Å². The average molecular weight is 503 g/mol. The second-order valence-corrected chi connectivity index (χ2v) is 13.7. The number of carbonyl (C=O) groups excluding carboxylic acids is 1. The van der Waals surface area contributed by atoms with Gasteiger partial charge >= 0.3 is 5.97 Å². The number of hydrogen-bond acceptors (Lipinski definition) is 5. The average Bonchev–Trinajstić information content (AvgIpc) is 2.99. The van der Waals surface area contributed by atoms with Crippen LogP contribution in [0.15, 0.2) is 22.8 Å². The lowest BCUT2D eigenvalue weighted by atomic mass is 9.42. The zero-order valence-electron chi connectivity index (χ0n) is 23.1. The molecular formula is C30H46O6. The molecule has 0 bridgehead atoms. The van der Waals surface area contributed by atoms with Gasteiger partial charge in [0.05, 0.1) is 18.3 Å². The first-order chi connectivity index (χ1) is 16.5. The number of aliphatic hydroxyl groups excluding tert-OH is 3. The van der Waals surface area contributed by atoms with Crippen LogP contribution in [0.3, 0.4) is 0 Å². The van der Waals surface area contributed by atoms with Crippen molar-refractivity contribution in [3.05, 3.63) is 22.8 Å². The van der Waals surface area contributed by atoms with E-state index in [1.807, 2.05) is 0 Å². The van der Waals surface area contributed by atoms with Crippen molar-refractivity contribution in [1.82, 2.24) is 0 Å². The summed E-state index contributed by atoms with van der Waals surface area (Å²) in [7, 11) is 0. The van der Waals surface area contributed by atoms with Gasteiger partial charge in [0.25, 0.3) is 0 Å². The fourth-order valence-electron chi connectivity index (χ4n) is 9.23. The normalized spacial score (nSPS) is 45.1. The number of fused-ring (bicyclic) bond motifs is 4. The maximum absolute atomic E-state index is 14.1. The number of hydrogen-bond donors (Lipinski definition) is 4. The monoisotopic (exact) mass is 502 g/mol. The van der Waals surface area contributed by atoms with E-state index in [4.69, 9.17) is 5.11 Å². The number of carboxylic acid groups (broad SMARTS) is 1. The van der Waals surface area contributed by atoms with Crippen LogP contribution >= 0.6 is 0 Å². The molecule has 6 nitrogen and oxygen atoms in total. The highest BCUT2D eigenvalue weighted by atomic mass is 16.4. The first-order valence-corrected chi connectivity index (χ1v) is 13.8. The van der Waals surface area contributed by atoms with Crippen molar-refractivity contribution in [2.24, 2.45) is 39.4 Å². The van der Waals surface area contributed by atoms with Gasteiger partial charge in [-0.25, -0.2) is 4.79 Å². The van der Waals surface area contributed by atoms with Crippen molar-refractivity contribution in [2.45, 2.75) is 112 Å². The number of rotatable bonds is 5. The minimum atomic E-state index is -0.910. The molecule has 0 amide bonds. The molecule has 202 valence electrons. The van der Waals surface area contributed by atoms with Gasteiger partial charge in [0.15, 0.2) is 5.78 Å². The van der Waals surface area contributed by atoms with Crippen molar-refractivity contribution in [2.75, 3.05) is 0 Å². The molecule has 9 atom stereocenters. The van der Waals surface area contributed by atoms with Gasteiger partial charge in [0, 0.05) is 23.0 Å². The highest BCUT2D eigenvalue weighted by molar-refractivity contribution is 6.00. The van der Waals surface area contributed by atoms with Gasteiger partial charge < -0.3 is 20.4 Å². The molecule has 4 aliphatic rings. The summed E-state index contributed by atoms with van der Waals surface area (Å²) in [5, 5.41) is 43.2. The van der Waals surface area contributed by atoms with Crippen LogP contribution in [0.1, 0.15) is 93.4 Å². The molecule has 0 aromatic rings. The molecule has 0 heterocycles. The number of aliphatic hydroxyl groups is 3. The molecule has 2 fully saturated rings. The maximum Gasteiger partial charge on any atom is 0.330 e. The fourth-order valence-corrected chi connectivity index (χ4v) is 9.23. The number of ketones is 1. The topological polar surface area (TPSA) is 115 Å². The third-order valence-corrected chi connectivity index (χ3v) is 11.7. The standard InChI is InChI=1S/C30H46O6/c1-16(9-8-10-17(2)26(35)36)18-13-23(34)30(7)25-19(31)14-21-27(3,4)22(33)11-12-28(21,5)24(25)20(32)15-29(18,30)6/h10,16,18-19,21-23,31,33-34H,8-9,11-15H2,1-7H3,(H,35,36)/b17-10+/t16-,18-,19-,21+,22+,23+,28+,29-,30+/m1/s1. The van der Waals surface area contributed by atoms with E-state index >= 15 is 0 Å². The predicted octanol–water partition coefficient (Wildman–Crippen LogP) is 4.66. The van der Waals surface area contributed by atoms with Crippen LogP contribution in [0.25, 0.3) is 0 Å². The molecule has 0 aromatic carbocycles. The molecule has 0 spiro atoms. The quantitative estimate of drug-likeness (QED) is 0.406. The summed E-state index contributed by atoms with van der Waals surface area (Å²) >= 11 is 0. The molecule has 4 N–H and O–H groups in total. The van der Waals surface area contributed by atoms with Crippen LogP contribution < -0.4 is 0 Å². The van der Waals surface area contributed by atoms with Gasteiger partial charge in [-0.1, -0.05) is 47.6 Å². The van der Waals surface area contributed by atoms with E-state index in [0.717, 1.165) is 17.6 Å². The van der Waals surface area contributed by atoms with Crippen molar-refractivity contribution in [1.29, 1.82) is 0 Å². The van der Waals surface area contributed by atoms with Crippen LogP contribution in [0, 0.1) is 39.4 Å². The summed E-state index contributed by atoms with van der Waals surface area (Å²) in [6.07, 6.45) is 3.95. The van der Waals surface area contributed by atoms with E-state index in [2.05, 4.69) is 41.5 Å². The Morgan fingerprint density at radius 3 is 2.33 bits per heavy atom. The largest absolute Gasteiger partial charge is 0.478 e. The lowest BCUT2D eigenvalue weighted by molar-refractivity contribution is -0.140. The van der Waals surface area contributed by atoms with Gasteiger partial charge in [-0.2, -0.15) is 0 Å². The lowest BCUT2D eigenvalue weighted by Crippen LogP contribution is -2.61. The minimum Gasteiger partial charge on any atom is -0.478 e. The molecule has 6 heteroatoms. The molecule has 2 saturated carbocycles. The smallest absolute Gasteiger partial charge is 0.330 e. The number of allylic oxidation sites excluding steroid dienone is 2. The van der Waals surface area contributed by atoms with E-state index in [1.165, 1.54) is 0 Å². The third kappa shape index (κ3) is 3.61. The highest BCUT2D eigenvalue weighted by Gasteiger charge is 2.69. The van der Waals surface area contributed by atoms with Gasteiger partial charge in [0.1, 0.15) is 0 Å². The Hall–Kier alpha value is -1.50. The Morgan fingerprint density at radius 2 is 1.72 bits per heavy atom. The van der Waals surface area contributed by atoms with Crippen molar-refractivity contribution in [3.63, 3.8) is 0 Å². The summed E-state index contributed by atoms with van der Waals surface area (Å²) in [6.45, 7) is 14.2. The third-order valence-electron chi connectivity index (χ3n) is 11.7. The molecule has 0 saturated heterocycles. The Morgan fingerprint density at radius 1 is 1.08 bits per heavy atom. The van der Waals surface area contributed by atoms with Crippen molar-refractivity contribution in [3.8, 4) is 0 Å². The van der Waals surface area contributed by atoms with Crippen LogP contribution in [0.2, 0.25) is 0 Å². The maximum atomic E-state index is 14.1. The Bertz CT molecular complexity index is 1010. The SMILES string of the molecule is C/C(=C\CC[C@@H](C)[C@H]1C[C@H](O)[C@@]2(C)C3=C(C(=O)C[C@]12C)[C@@]1(C)CC[C@H](O)C(C)(C)[C@@H]1C[C@H]3O)C(=O)O. The number of Topliss-reactive ketones (excluding diaryl/α,β-unsaturated/α-hetero) is 1. The number of aliphatic carboxylic acids is 1. The van der Waals surface area contributed by atoms with Crippen molar-refractivity contribution >= 4 is 11.8 Å². The zero-order valence-corrected chi connectivity index (χ0v) is 23.1. The second kappa shape index (κ2) is 8.78.